The fraction of sp³-hybridized carbons (Fsp3) is 0.111. The summed E-state index contributed by atoms with van der Waals surface area (Å²) in [6.07, 6.45) is 1.55. The van der Waals surface area contributed by atoms with E-state index in [0.29, 0.717) is 26.9 Å². The van der Waals surface area contributed by atoms with E-state index < -0.39 is 5.91 Å². The van der Waals surface area contributed by atoms with Crippen LogP contribution < -0.4 is 4.74 Å². The van der Waals surface area contributed by atoms with Crippen molar-refractivity contribution in [2.75, 3.05) is 7.11 Å². The van der Waals surface area contributed by atoms with Crippen molar-refractivity contribution in [3.63, 3.8) is 0 Å². The summed E-state index contributed by atoms with van der Waals surface area (Å²) in [7, 11) is 1.45. The number of rotatable bonds is 4. The predicted molar refractivity (Wildman–Crippen MR) is 103 cm³/mol. The fourth-order valence-electron chi connectivity index (χ4n) is 2.40. The van der Waals surface area contributed by atoms with Crippen LogP contribution in [0.25, 0.3) is 6.08 Å². The minimum atomic E-state index is -0.415. The van der Waals surface area contributed by atoms with Crippen molar-refractivity contribution < 1.29 is 19.4 Å². The Morgan fingerprint density at radius 2 is 1.96 bits per heavy atom. The summed E-state index contributed by atoms with van der Waals surface area (Å²) in [5, 5.41) is 10.3. The highest BCUT2D eigenvalue weighted by molar-refractivity contribution is 8.18. The summed E-state index contributed by atoms with van der Waals surface area (Å²) in [6.45, 7) is 0.0614. The number of halogens is 2. The van der Waals surface area contributed by atoms with Crippen LogP contribution in [-0.4, -0.2) is 28.3 Å². The Morgan fingerprint density at radius 3 is 2.62 bits per heavy atom. The molecule has 134 valence electrons. The summed E-state index contributed by atoms with van der Waals surface area (Å²) < 4.78 is 4.98. The number of benzene rings is 2. The molecule has 0 unspecified atom stereocenters. The van der Waals surface area contributed by atoms with Gasteiger partial charge in [0.25, 0.3) is 11.1 Å². The molecule has 0 bridgehead atoms. The molecule has 2 aromatic carbocycles. The maximum Gasteiger partial charge on any atom is 0.293 e. The van der Waals surface area contributed by atoms with Gasteiger partial charge >= 0.3 is 0 Å². The molecule has 8 heteroatoms. The SMILES string of the molecule is COc1ccc(/C=C2/SC(=O)N(Cc3ccc(Cl)cc3Cl)C2=O)cc1O. The molecule has 1 fully saturated rings. The molecule has 0 aromatic heterocycles. The van der Waals surface area contributed by atoms with E-state index in [0.717, 1.165) is 16.7 Å². The molecule has 0 aliphatic carbocycles. The van der Waals surface area contributed by atoms with E-state index in [-0.39, 0.29) is 22.4 Å². The van der Waals surface area contributed by atoms with Crippen LogP contribution in [-0.2, 0) is 11.3 Å². The molecule has 1 aliphatic heterocycles. The zero-order valence-corrected chi connectivity index (χ0v) is 15.9. The molecule has 0 saturated carbocycles. The van der Waals surface area contributed by atoms with Gasteiger partial charge in [-0.3, -0.25) is 14.5 Å². The largest absolute Gasteiger partial charge is 0.504 e. The van der Waals surface area contributed by atoms with Gasteiger partial charge in [-0.15, -0.1) is 0 Å². The third-order valence-corrected chi connectivity index (χ3v) is 5.21. The van der Waals surface area contributed by atoms with Crippen molar-refractivity contribution in [1.82, 2.24) is 4.90 Å². The quantitative estimate of drug-likeness (QED) is 0.723. The summed E-state index contributed by atoms with van der Waals surface area (Å²) in [4.78, 5) is 26.2. The molecule has 26 heavy (non-hydrogen) atoms. The number of methoxy groups -OCH3 is 1. The van der Waals surface area contributed by atoms with E-state index in [2.05, 4.69) is 0 Å². The smallest absolute Gasteiger partial charge is 0.293 e. The predicted octanol–water partition coefficient (Wildman–Crippen LogP) is 4.94. The first-order chi connectivity index (χ1) is 12.4. The summed E-state index contributed by atoms with van der Waals surface area (Å²) in [5.41, 5.74) is 1.21. The molecule has 0 radical (unpaired) electrons. The lowest BCUT2D eigenvalue weighted by molar-refractivity contribution is -0.123. The van der Waals surface area contributed by atoms with Gasteiger partial charge in [-0.2, -0.15) is 0 Å². The second-order valence-corrected chi connectivity index (χ2v) is 7.27. The van der Waals surface area contributed by atoms with Gasteiger partial charge in [-0.05, 0) is 53.2 Å². The van der Waals surface area contributed by atoms with Gasteiger partial charge in [-0.25, -0.2) is 0 Å². The highest BCUT2D eigenvalue weighted by Crippen LogP contribution is 2.35. The lowest BCUT2D eigenvalue weighted by Crippen LogP contribution is -2.27. The number of phenolic OH excluding ortho intramolecular Hbond substituents is 1. The number of hydrogen-bond donors (Lipinski definition) is 1. The Hall–Kier alpha value is -2.15. The maximum absolute atomic E-state index is 12.6. The zero-order valence-electron chi connectivity index (χ0n) is 13.5. The van der Waals surface area contributed by atoms with Gasteiger partial charge < -0.3 is 9.84 Å². The standard InChI is InChI=1S/C18H13Cl2NO4S/c1-25-15-5-2-10(6-14(15)22)7-16-17(23)21(18(24)26-16)9-11-3-4-12(19)8-13(11)20/h2-8,22H,9H2,1H3/b16-7+. The van der Waals surface area contributed by atoms with Crippen LogP contribution in [0.2, 0.25) is 10.0 Å². The number of carbonyl (C=O) groups excluding carboxylic acids is 2. The fourth-order valence-corrected chi connectivity index (χ4v) is 3.71. The molecule has 1 saturated heterocycles. The van der Waals surface area contributed by atoms with Crippen molar-refractivity contribution in [1.29, 1.82) is 0 Å². The molecule has 1 heterocycles. The van der Waals surface area contributed by atoms with E-state index in [4.69, 9.17) is 27.9 Å². The van der Waals surface area contributed by atoms with E-state index >= 15 is 0 Å². The monoisotopic (exact) mass is 409 g/mol. The highest BCUT2D eigenvalue weighted by atomic mass is 35.5. The number of ether oxygens (including phenoxy) is 1. The molecule has 0 spiro atoms. The van der Waals surface area contributed by atoms with Crippen LogP contribution in [0.1, 0.15) is 11.1 Å². The Bertz CT molecular complexity index is 929. The summed E-state index contributed by atoms with van der Waals surface area (Å²) in [6, 6.07) is 9.62. The molecular formula is C18H13Cl2NO4S. The first-order valence-electron chi connectivity index (χ1n) is 7.45. The van der Waals surface area contributed by atoms with Crippen molar-refractivity contribution >= 4 is 52.2 Å². The topological polar surface area (TPSA) is 66.8 Å². The molecule has 0 atom stereocenters. The van der Waals surface area contributed by atoms with Crippen molar-refractivity contribution in [2.45, 2.75) is 6.54 Å². The van der Waals surface area contributed by atoms with E-state index in [1.807, 2.05) is 0 Å². The summed E-state index contributed by atoms with van der Waals surface area (Å²) in [5.74, 6) is -0.137. The third kappa shape index (κ3) is 3.82. The number of imide groups is 1. The van der Waals surface area contributed by atoms with E-state index in [9.17, 15) is 14.7 Å². The second-order valence-electron chi connectivity index (χ2n) is 5.43. The normalized spacial score (nSPS) is 15.8. The molecule has 3 rings (SSSR count). The van der Waals surface area contributed by atoms with Gasteiger partial charge in [0, 0.05) is 10.0 Å². The molecule has 1 aliphatic rings. The minimum Gasteiger partial charge on any atom is -0.504 e. The number of nitrogens with zero attached hydrogens (tertiary/aromatic N) is 1. The van der Waals surface area contributed by atoms with Crippen LogP contribution >= 0.6 is 35.0 Å². The van der Waals surface area contributed by atoms with Gasteiger partial charge in [-0.1, -0.05) is 35.3 Å². The van der Waals surface area contributed by atoms with Crippen molar-refractivity contribution in [3.8, 4) is 11.5 Å². The molecule has 1 N–H and O–H groups in total. The average molecular weight is 410 g/mol. The number of phenols is 1. The van der Waals surface area contributed by atoms with Crippen molar-refractivity contribution in [2.24, 2.45) is 0 Å². The third-order valence-electron chi connectivity index (χ3n) is 3.72. The number of hydrogen-bond acceptors (Lipinski definition) is 5. The minimum absolute atomic E-state index is 0.0478. The number of amides is 2. The first-order valence-corrected chi connectivity index (χ1v) is 9.02. The molecule has 5 nitrogen and oxygen atoms in total. The van der Waals surface area contributed by atoms with Crippen LogP contribution in [0.3, 0.4) is 0 Å². The number of carbonyl (C=O) groups is 2. The first kappa shape index (κ1) is 18.6. The Kier molecular flexibility index (Phi) is 5.46. The second kappa shape index (κ2) is 7.61. The lowest BCUT2D eigenvalue weighted by Gasteiger charge is -2.13. The van der Waals surface area contributed by atoms with Crippen LogP contribution in [0.15, 0.2) is 41.3 Å². The Labute approximate surface area is 164 Å². The number of thioether (sulfide) groups is 1. The molecular weight excluding hydrogens is 397 g/mol. The Balaban J connectivity index is 1.83. The van der Waals surface area contributed by atoms with Gasteiger partial charge in [0.05, 0.1) is 18.6 Å². The lowest BCUT2D eigenvalue weighted by atomic mass is 10.1. The number of aromatic hydroxyl groups is 1. The average Bonchev–Trinajstić information content (AvgIpc) is 2.84. The zero-order chi connectivity index (χ0) is 18.8. The van der Waals surface area contributed by atoms with Gasteiger partial charge in [0.15, 0.2) is 11.5 Å². The molecule has 2 aromatic rings. The highest BCUT2D eigenvalue weighted by Gasteiger charge is 2.35. The molecule has 2 amide bonds. The van der Waals surface area contributed by atoms with Gasteiger partial charge in [0.2, 0.25) is 0 Å². The van der Waals surface area contributed by atoms with Gasteiger partial charge in [0.1, 0.15) is 0 Å². The van der Waals surface area contributed by atoms with Crippen LogP contribution in [0, 0.1) is 0 Å². The summed E-state index contributed by atoms with van der Waals surface area (Å²) >= 11 is 12.8. The van der Waals surface area contributed by atoms with Crippen LogP contribution in [0.4, 0.5) is 4.79 Å². The van der Waals surface area contributed by atoms with E-state index in [1.165, 1.54) is 13.2 Å². The van der Waals surface area contributed by atoms with Crippen molar-refractivity contribution in [3.05, 3.63) is 62.5 Å². The van der Waals surface area contributed by atoms with Crippen LogP contribution in [0.5, 0.6) is 11.5 Å². The maximum atomic E-state index is 12.6. The van der Waals surface area contributed by atoms with E-state index in [1.54, 1.807) is 36.4 Å². The Morgan fingerprint density at radius 1 is 1.19 bits per heavy atom.